The molecule has 0 radical (unpaired) electrons. The molecule has 1 aliphatic carbocycles. The standard InChI is InChI=1S/C16H31NO2/c17-12-8-3-1-2-5-11-15(13-16(18)19)14-9-6-4-7-10-14/h14-15H,1-13,17H2,(H,18,19). The lowest BCUT2D eigenvalue weighted by molar-refractivity contribution is -0.138. The first-order chi connectivity index (χ1) is 9.24. The lowest BCUT2D eigenvalue weighted by Gasteiger charge is -2.29. The maximum absolute atomic E-state index is 11.0. The molecule has 1 saturated carbocycles. The average molecular weight is 269 g/mol. The fourth-order valence-electron chi connectivity index (χ4n) is 3.42. The van der Waals surface area contributed by atoms with Crippen LogP contribution in [0.5, 0.6) is 0 Å². The number of carbonyl (C=O) groups is 1. The summed E-state index contributed by atoms with van der Waals surface area (Å²) in [6.45, 7) is 0.795. The minimum Gasteiger partial charge on any atom is -0.481 e. The Morgan fingerprint density at radius 3 is 2.32 bits per heavy atom. The van der Waals surface area contributed by atoms with Gasteiger partial charge in [0, 0.05) is 6.42 Å². The molecule has 0 amide bonds. The summed E-state index contributed by atoms with van der Waals surface area (Å²) in [7, 11) is 0. The molecule has 3 nitrogen and oxygen atoms in total. The van der Waals surface area contributed by atoms with E-state index in [1.807, 2.05) is 0 Å². The molecule has 0 saturated heterocycles. The molecule has 1 aliphatic rings. The molecule has 0 spiro atoms. The number of unbranched alkanes of at least 4 members (excludes halogenated alkanes) is 4. The van der Waals surface area contributed by atoms with E-state index < -0.39 is 5.97 Å². The zero-order valence-corrected chi connectivity index (χ0v) is 12.3. The Kier molecular flexibility index (Phi) is 8.89. The van der Waals surface area contributed by atoms with Gasteiger partial charge in [-0.15, -0.1) is 0 Å². The molecule has 1 atom stereocenters. The van der Waals surface area contributed by atoms with E-state index in [9.17, 15) is 4.79 Å². The van der Waals surface area contributed by atoms with Gasteiger partial charge in [-0.25, -0.2) is 0 Å². The van der Waals surface area contributed by atoms with Gasteiger partial charge in [0.05, 0.1) is 0 Å². The second kappa shape index (κ2) is 10.2. The van der Waals surface area contributed by atoms with Gasteiger partial charge < -0.3 is 10.8 Å². The minimum absolute atomic E-state index is 0.382. The molecule has 0 bridgehead atoms. The third kappa shape index (κ3) is 7.56. The monoisotopic (exact) mass is 269 g/mol. The molecule has 3 N–H and O–H groups in total. The summed E-state index contributed by atoms with van der Waals surface area (Å²) in [5.74, 6) is 0.486. The number of carboxylic acids is 1. The quantitative estimate of drug-likeness (QED) is 0.590. The highest BCUT2D eigenvalue weighted by Crippen LogP contribution is 2.34. The van der Waals surface area contributed by atoms with Gasteiger partial charge >= 0.3 is 5.97 Å². The fourth-order valence-corrected chi connectivity index (χ4v) is 3.42. The molecule has 0 aliphatic heterocycles. The molecule has 3 heteroatoms. The summed E-state index contributed by atoms with van der Waals surface area (Å²) in [5.41, 5.74) is 5.48. The Bertz CT molecular complexity index is 237. The van der Waals surface area contributed by atoms with Crippen LogP contribution in [-0.2, 0) is 4.79 Å². The number of rotatable bonds is 10. The molecule has 1 fully saturated rings. The zero-order chi connectivity index (χ0) is 13.9. The Balaban J connectivity index is 2.22. The van der Waals surface area contributed by atoms with E-state index in [1.54, 1.807) is 0 Å². The van der Waals surface area contributed by atoms with Gasteiger partial charge in [-0.1, -0.05) is 57.8 Å². The van der Waals surface area contributed by atoms with Gasteiger partial charge in [-0.2, -0.15) is 0 Å². The maximum atomic E-state index is 11.0. The molecule has 1 rings (SSSR count). The van der Waals surface area contributed by atoms with Gasteiger partial charge in [0.1, 0.15) is 0 Å². The van der Waals surface area contributed by atoms with Crippen molar-refractivity contribution in [3.05, 3.63) is 0 Å². The van der Waals surface area contributed by atoms with Crippen LogP contribution < -0.4 is 5.73 Å². The highest BCUT2D eigenvalue weighted by Gasteiger charge is 2.25. The van der Waals surface area contributed by atoms with E-state index in [0.29, 0.717) is 18.3 Å². The van der Waals surface area contributed by atoms with E-state index in [0.717, 1.165) is 19.4 Å². The van der Waals surface area contributed by atoms with Crippen LogP contribution in [0.4, 0.5) is 0 Å². The highest BCUT2D eigenvalue weighted by molar-refractivity contribution is 5.67. The van der Waals surface area contributed by atoms with Gasteiger partial charge in [0.15, 0.2) is 0 Å². The minimum atomic E-state index is -0.612. The van der Waals surface area contributed by atoms with Crippen LogP contribution in [0, 0.1) is 11.8 Å². The maximum Gasteiger partial charge on any atom is 0.303 e. The summed E-state index contributed by atoms with van der Waals surface area (Å²) >= 11 is 0. The predicted octanol–water partition coefficient (Wildman–Crippen LogP) is 3.96. The summed E-state index contributed by atoms with van der Waals surface area (Å²) in [6, 6.07) is 0. The summed E-state index contributed by atoms with van der Waals surface area (Å²) < 4.78 is 0. The van der Waals surface area contributed by atoms with Crippen LogP contribution in [-0.4, -0.2) is 17.6 Å². The van der Waals surface area contributed by atoms with Crippen LogP contribution in [0.1, 0.15) is 77.0 Å². The van der Waals surface area contributed by atoms with Gasteiger partial charge in [0.25, 0.3) is 0 Å². The SMILES string of the molecule is NCCCCCCCC(CC(=O)O)C1CCCCC1. The number of hydrogen-bond donors (Lipinski definition) is 2. The van der Waals surface area contributed by atoms with Crippen molar-refractivity contribution in [2.24, 2.45) is 17.6 Å². The average Bonchev–Trinajstić information content (AvgIpc) is 2.42. The topological polar surface area (TPSA) is 63.3 Å². The molecular weight excluding hydrogens is 238 g/mol. The van der Waals surface area contributed by atoms with Crippen molar-refractivity contribution >= 4 is 5.97 Å². The highest BCUT2D eigenvalue weighted by atomic mass is 16.4. The smallest absolute Gasteiger partial charge is 0.303 e. The second-order valence-corrected chi connectivity index (χ2v) is 6.10. The van der Waals surface area contributed by atoms with Crippen LogP contribution in [0.2, 0.25) is 0 Å². The Morgan fingerprint density at radius 1 is 1.05 bits per heavy atom. The van der Waals surface area contributed by atoms with E-state index in [-0.39, 0.29) is 0 Å². The lowest BCUT2D eigenvalue weighted by Crippen LogP contribution is -2.21. The summed E-state index contributed by atoms with van der Waals surface area (Å²) in [5, 5.41) is 9.07. The van der Waals surface area contributed by atoms with Crippen molar-refractivity contribution in [1.82, 2.24) is 0 Å². The molecule has 19 heavy (non-hydrogen) atoms. The van der Waals surface area contributed by atoms with Gasteiger partial charge in [0.2, 0.25) is 0 Å². The predicted molar refractivity (Wildman–Crippen MR) is 79.1 cm³/mol. The Labute approximate surface area is 118 Å². The van der Waals surface area contributed by atoms with E-state index in [4.69, 9.17) is 10.8 Å². The first-order valence-corrected chi connectivity index (χ1v) is 8.16. The number of nitrogens with two attached hydrogens (primary N) is 1. The summed E-state index contributed by atoms with van der Waals surface area (Å²) in [4.78, 5) is 11.0. The number of aliphatic carboxylic acids is 1. The van der Waals surface area contributed by atoms with Crippen molar-refractivity contribution in [3.63, 3.8) is 0 Å². The molecule has 0 aromatic carbocycles. The van der Waals surface area contributed by atoms with Gasteiger partial charge in [-0.05, 0) is 31.2 Å². The third-order valence-corrected chi connectivity index (χ3v) is 4.53. The van der Waals surface area contributed by atoms with Crippen LogP contribution in [0.15, 0.2) is 0 Å². The zero-order valence-electron chi connectivity index (χ0n) is 12.3. The molecule has 0 heterocycles. The van der Waals surface area contributed by atoms with Crippen LogP contribution >= 0.6 is 0 Å². The second-order valence-electron chi connectivity index (χ2n) is 6.10. The number of hydrogen-bond acceptors (Lipinski definition) is 2. The van der Waals surface area contributed by atoms with E-state index in [2.05, 4.69) is 0 Å². The normalized spacial score (nSPS) is 18.4. The molecule has 112 valence electrons. The van der Waals surface area contributed by atoms with Crippen molar-refractivity contribution in [3.8, 4) is 0 Å². The molecule has 1 unspecified atom stereocenters. The summed E-state index contributed by atoms with van der Waals surface area (Å²) in [6.07, 6.45) is 14.0. The van der Waals surface area contributed by atoms with Crippen molar-refractivity contribution in [1.29, 1.82) is 0 Å². The lowest BCUT2D eigenvalue weighted by atomic mass is 9.76. The van der Waals surface area contributed by atoms with Crippen LogP contribution in [0.3, 0.4) is 0 Å². The third-order valence-electron chi connectivity index (χ3n) is 4.53. The van der Waals surface area contributed by atoms with Gasteiger partial charge in [-0.3, -0.25) is 4.79 Å². The molecular formula is C16H31NO2. The first-order valence-electron chi connectivity index (χ1n) is 8.16. The largest absolute Gasteiger partial charge is 0.481 e. The van der Waals surface area contributed by atoms with Crippen molar-refractivity contribution in [2.75, 3.05) is 6.54 Å². The van der Waals surface area contributed by atoms with Crippen LogP contribution in [0.25, 0.3) is 0 Å². The fraction of sp³-hybridized carbons (Fsp3) is 0.938. The number of carboxylic acid groups (broad SMARTS) is 1. The van der Waals surface area contributed by atoms with E-state index in [1.165, 1.54) is 57.8 Å². The van der Waals surface area contributed by atoms with Crippen molar-refractivity contribution < 1.29 is 9.90 Å². The Hall–Kier alpha value is -0.570. The molecule has 0 aromatic heterocycles. The van der Waals surface area contributed by atoms with E-state index >= 15 is 0 Å². The van der Waals surface area contributed by atoms with Crippen molar-refractivity contribution in [2.45, 2.75) is 77.0 Å². The molecule has 0 aromatic rings. The Morgan fingerprint density at radius 2 is 1.68 bits per heavy atom. The first kappa shape index (κ1) is 16.5.